The molecule has 1 heterocycles. The van der Waals surface area contributed by atoms with Gasteiger partial charge in [-0.1, -0.05) is 18.2 Å². The maximum atomic E-state index is 11.9. The highest BCUT2D eigenvalue weighted by molar-refractivity contribution is 5.69. The van der Waals surface area contributed by atoms with Crippen LogP contribution in [0.1, 0.15) is 22.5 Å². The van der Waals surface area contributed by atoms with Crippen LogP contribution in [0.4, 0.5) is 5.69 Å². The summed E-state index contributed by atoms with van der Waals surface area (Å²) in [5.74, 6) is -0.585. The van der Waals surface area contributed by atoms with Gasteiger partial charge in [-0.2, -0.15) is 10.4 Å². The third-order valence-electron chi connectivity index (χ3n) is 3.33. The first-order chi connectivity index (χ1) is 10.9. The van der Waals surface area contributed by atoms with Crippen molar-refractivity contribution >= 4 is 11.7 Å². The van der Waals surface area contributed by atoms with Crippen LogP contribution >= 0.6 is 0 Å². The summed E-state index contributed by atoms with van der Waals surface area (Å²) in [6.07, 6.45) is 0. The Morgan fingerprint density at radius 2 is 2.13 bits per heavy atom. The lowest BCUT2D eigenvalue weighted by Gasteiger charge is -2.07. The van der Waals surface area contributed by atoms with E-state index in [1.165, 1.54) is 18.5 Å². The summed E-state index contributed by atoms with van der Waals surface area (Å²) in [6.45, 7) is 2.77. The van der Waals surface area contributed by atoms with Crippen LogP contribution in [0.15, 0.2) is 24.3 Å². The quantitative estimate of drug-likeness (QED) is 0.474. The molecule has 0 radical (unpaired) electrons. The van der Waals surface area contributed by atoms with E-state index in [1.807, 2.05) is 6.07 Å². The van der Waals surface area contributed by atoms with Crippen LogP contribution in [0.25, 0.3) is 0 Å². The van der Waals surface area contributed by atoms with Crippen LogP contribution in [-0.4, -0.2) is 20.7 Å². The van der Waals surface area contributed by atoms with E-state index < -0.39 is 10.9 Å². The summed E-state index contributed by atoms with van der Waals surface area (Å²) >= 11 is 0. The normalized spacial score (nSPS) is 10.1. The van der Waals surface area contributed by atoms with Gasteiger partial charge in [0.15, 0.2) is 0 Å². The molecular weight excluding hydrogens is 300 g/mol. The van der Waals surface area contributed by atoms with E-state index in [-0.39, 0.29) is 24.5 Å². The molecule has 0 spiro atoms. The standard InChI is InChI=1S/C15H14N4O4/c1-10-15(19(21)22)11(2)18(17-10)8-14(20)23-9-13-6-4-3-5-12(13)7-16/h3-6H,8-9H2,1-2H3. The molecule has 8 nitrogen and oxygen atoms in total. The molecule has 0 aliphatic rings. The summed E-state index contributed by atoms with van der Waals surface area (Å²) in [4.78, 5) is 22.3. The molecule has 2 aromatic rings. The summed E-state index contributed by atoms with van der Waals surface area (Å²) in [7, 11) is 0. The van der Waals surface area contributed by atoms with Crippen molar-refractivity contribution in [1.82, 2.24) is 9.78 Å². The monoisotopic (exact) mass is 314 g/mol. The number of nitriles is 1. The molecule has 0 bridgehead atoms. The average molecular weight is 314 g/mol. The van der Waals surface area contributed by atoms with E-state index in [1.54, 1.807) is 24.3 Å². The molecule has 0 aliphatic heterocycles. The molecule has 0 fully saturated rings. The maximum Gasteiger partial charge on any atom is 0.328 e. The fourth-order valence-electron chi connectivity index (χ4n) is 2.19. The first-order valence-electron chi connectivity index (χ1n) is 6.76. The first-order valence-corrected chi connectivity index (χ1v) is 6.76. The molecule has 0 saturated carbocycles. The zero-order chi connectivity index (χ0) is 17.0. The van der Waals surface area contributed by atoms with E-state index in [9.17, 15) is 14.9 Å². The molecule has 2 rings (SSSR count). The Balaban J connectivity index is 2.05. The van der Waals surface area contributed by atoms with Gasteiger partial charge in [0.1, 0.15) is 24.5 Å². The van der Waals surface area contributed by atoms with Crippen molar-refractivity contribution in [2.45, 2.75) is 27.0 Å². The Morgan fingerprint density at radius 1 is 1.43 bits per heavy atom. The topological polar surface area (TPSA) is 111 Å². The second kappa shape index (κ2) is 6.70. The molecule has 0 aliphatic carbocycles. The lowest BCUT2D eigenvalue weighted by atomic mass is 10.1. The molecule has 1 aromatic heterocycles. The largest absolute Gasteiger partial charge is 0.459 e. The number of nitro groups is 1. The molecule has 23 heavy (non-hydrogen) atoms. The van der Waals surface area contributed by atoms with Crippen LogP contribution in [0, 0.1) is 35.3 Å². The van der Waals surface area contributed by atoms with Crippen LogP contribution < -0.4 is 0 Å². The number of hydrogen-bond donors (Lipinski definition) is 0. The third kappa shape index (κ3) is 3.52. The summed E-state index contributed by atoms with van der Waals surface area (Å²) < 4.78 is 6.36. The lowest BCUT2D eigenvalue weighted by molar-refractivity contribution is -0.386. The number of hydrogen-bond acceptors (Lipinski definition) is 6. The van der Waals surface area contributed by atoms with Gasteiger partial charge in [-0.25, -0.2) is 0 Å². The predicted molar refractivity (Wildman–Crippen MR) is 79.3 cm³/mol. The van der Waals surface area contributed by atoms with E-state index in [4.69, 9.17) is 10.00 Å². The van der Waals surface area contributed by atoms with Gasteiger partial charge < -0.3 is 4.74 Å². The zero-order valence-electron chi connectivity index (χ0n) is 12.6. The van der Waals surface area contributed by atoms with Gasteiger partial charge in [-0.15, -0.1) is 0 Å². The van der Waals surface area contributed by atoms with E-state index in [2.05, 4.69) is 5.10 Å². The predicted octanol–water partition coefficient (Wildman–Crippen LogP) is 2.02. The number of carbonyl (C=O) groups excluding carboxylic acids is 1. The lowest BCUT2D eigenvalue weighted by Crippen LogP contribution is -2.16. The van der Waals surface area contributed by atoms with Crippen LogP contribution in [0.5, 0.6) is 0 Å². The summed E-state index contributed by atoms with van der Waals surface area (Å²) in [5, 5.41) is 23.9. The molecule has 8 heteroatoms. The molecule has 0 amide bonds. The number of ether oxygens (including phenoxy) is 1. The van der Waals surface area contributed by atoms with Gasteiger partial charge in [-0.3, -0.25) is 19.6 Å². The molecule has 1 aromatic carbocycles. The van der Waals surface area contributed by atoms with Crippen LogP contribution in [-0.2, 0) is 22.7 Å². The van der Waals surface area contributed by atoms with Crippen molar-refractivity contribution in [3.05, 3.63) is 56.9 Å². The highest BCUT2D eigenvalue weighted by atomic mass is 16.6. The van der Waals surface area contributed by atoms with Crippen molar-refractivity contribution in [2.75, 3.05) is 0 Å². The minimum atomic E-state index is -0.585. The van der Waals surface area contributed by atoms with Gasteiger partial charge >= 0.3 is 11.7 Å². The van der Waals surface area contributed by atoms with Gasteiger partial charge in [-0.05, 0) is 19.9 Å². The van der Waals surface area contributed by atoms with Gasteiger partial charge in [0.25, 0.3) is 0 Å². The number of aromatic nitrogens is 2. The number of nitrogens with zero attached hydrogens (tertiary/aromatic N) is 4. The Morgan fingerprint density at radius 3 is 2.74 bits per heavy atom. The van der Waals surface area contributed by atoms with Crippen LogP contribution in [0.2, 0.25) is 0 Å². The van der Waals surface area contributed by atoms with Crippen molar-refractivity contribution < 1.29 is 14.5 Å². The minimum absolute atomic E-state index is 0.0377. The highest BCUT2D eigenvalue weighted by Gasteiger charge is 2.23. The molecule has 0 unspecified atom stereocenters. The Bertz CT molecular complexity index is 804. The SMILES string of the molecule is Cc1nn(CC(=O)OCc2ccccc2C#N)c(C)c1[N+](=O)[O-]. The minimum Gasteiger partial charge on any atom is -0.459 e. The zero-order valence-corrected chi connectivity index (χ0v) is 12.6. The molecule has 0 saturated heterocycles. The van der Waals surface area contributed by atoms with E-state index in [0.29, 0.717) is 16.8 Å². The number of benzene rings is 1. The second-order valence-corrected chi connectivity index (χ2v) is 4.86. The average Bonchev–Trinajstić information content (AvgIpc) is 2.79. The fraction of sp³-hybridized carbons (Fsp3) is 0.267. The number of carbonyl (C=O) groups is 1. The van der Waals surface area contributed by atoms with Crippen molar-refractivity contribution in [3.8, 4) is 6.07 Å². The van der Waals surface area contributed by atoms with Gasteiger partial charge in [0.05, 0.1) is 16.6 Å². The Kier molecular flexibility index (Phi) is 4.71. The van der Waals surface area contributed by atoms with Gasteiger partial charge in [0.2, 0.25) is 0 Å². The molecule has 0 N–H and O–H groups in total. The smallest absolute Gasteiger partial charge is 0.328 e. The van der Waals surface area contributed by atoms with Gasteiger partial charge in [0, 0.05) is 5.56 Å². The number of rotatable bonds is 5. The van der Waals surface area contributed by atoms with Crippen molar-refractivity contribution in [1.29, 1.82) is 5.26 Å². The van der Waals surface area contributed by atoms with E-state index >= 15 is 0 Å². The molecule has 118 valence electrons. The fourth-order valence-corrected chi connectivity index (χ4v) is 2.19. The number of esters is 1. The molecular formula is C15H14N4O4. The maximum absolute atomic E-state index is 11.9. The van der Waals surface area contributed by atoms with Crippen LogP contribution in [0.3, 0.4) is 0 Å². The summed E-state index contributed by atoms with van der Waals surface area (Å²) in [5.41, 5.74) is 1.47. The highest BCUT2D eigenvalue weighted by Crippen LogP contribution is 2.21. The molecule has 0 atom stereocenters. The number of aryl methyl sites for hydroxylation is 1. The third-order valence-corrected chi connectivity index (χ3v) is 3.33. The Labute approximate surface area is 132 Å². The Hall–Kier alpha value is -3.21. The van der Waals surface area contributed by atoms with E-state index in [0.717, 1.165) is 0 Å². The summed E-state index contributed by atoms with van der Waals surface area (Å²) in [6, 6.07) is 8.81. The van der Waals surface area contributed by atoms with Crippen molar-refractivity contribution in [2.24, 2.45) is 0 Å². The second-order valence-electron chi connectivity index (χ2n) is 4.86. The first kappa shape index (κ1) is 16.2. The van der Waals surface area contributed by atoms with Crippen molar-refractivity contribution in [3.63, 3.8) is 0 Å².